The van der Waals surface area contributed by atoms with E-state index < -0.39 is 0 Å². The topological polar surface area (TPSA) is 40.5 Å². The summed E-state index contributed by atoms with van der Waals surface area (Å²) in [6.07, 6.45) is 8.75. The average Bonchev–Trinajstić information content (AvgIpc) is 2.28. The van der Waals surface area contributed by atoms with Crippen LogP contribution in [0.15, 0.2) is 0 Å². The molecule has 0 aromatic carbocycles. The molecular formula is C13H21NO2. The van der Waals surface area contributed by atoms with Gasteiger partial charge in [0.15, 0.2) is 0 Å². The summed E-state index contributed by atoms with van der Waals surface area (Å²) in [6, 6.07) is 0. The van der Waals surface area contributed by atoms with E-state index in [0.717, 1.165) is 32.2 Å². The van der Waals surface area contributed by atoms with Crippen LogP contribution >= 0.6 is 0 Å². The van der Waals surface area contributed by atoms with Gasteiger partial charge in [-0.15, -0.1) is 12.3 Å². The number of nitrogens with zero attached hydrogens (tertiary/aromatic N) is 1. The molecule has 2 atom stereocenters. The zero-order chi connectivity index (χ0) is 12.0. The summed E-state index contributed by atoms with van der Waals surface area (Å²) in [7, 11) is 0. The predicted molar refractivity (Wildman–Crippen MR) is 63.7 cm³/mol. The first-order chi connectivity index (χ1) is 7.65. The van der Waals surface area contributed by atoms with Crippen LogP contribution in [0.4, 0.5) is 0 Å². The van der Waals surface area contributed by atoms with Gasteiger partial charge < -0.3 is 10.0 Å². The Kier molecular flexibility index (Phi) is 5.34. The molecule has 3 nitrogen and oxygen atoms in total. The van der Waals surface area contributed by atoms with Crippen molar-refractivity contribution in [3.05, 3.63) is 0 Å². The first-order valence-corrected chi connectivity index (χ1v) is 6.04. The zero-order valence-electron chi connectivity index (χ0n) is 9.98. The first-order valence-electron chi connectivity index (χ1n) is 6.04. The number of aliphatic hydroxyl groups excluding tert-OH is 1. The number of β-amino-alcohol motifs (C(OH)–C–C–N with tert-alkyl or cyclic N) is 1. The minimum atomic E-state index is -0.358. The molecule has 0 aliphatic carbocycles. The average molecular weight is 223 g/mol. The van der Waals surface area contributed by atoms with Gasteiger partial charge in [-0.2, -0.15) is 0 Å². The van der Waals surface area contributed by atoms with Crippen molar-refractivity contribution < 1.29 is 9.90 Å². The fourth-order valence-corrected chi connectivity index (χ4v) is 1.94. The van der Waals surface area contributed by atoms with Crippen molar-refractivity contribution >= 4 is 5.91 Å². The van der Waals surface area contributed by atoms with Crippen LogP contribution < -0.4 is 0 Å². The maximum Gasteiger partial charge on any atom is 0.222 e. The maximum atomic E-state index is 11.8. The van der Waals surface area contributed by atoms with Crippen LogP contribution in [0.1, 0.15) is 39.0 Å². The summed E-state index contributed by atoms with van der Waals surface area (Å²) < 4.78 is 0. The number of carbonyl (C=O) groups is 1. The van der Waals surface area contributed by atoms with Crippen molar-refractivity contribution in [1.82, 2.24) is 4.90 Å². The van der Waals surface area contributed by atoms with Crippen LogP contribution in [0, 0.1) is 18.3 Å². The van der Waals surface area contributed by atoms with E-state index in [4.69, 9.17) is 6.42 Å². The van der Waals surface area contributed by atoms with Gasteiger partial charge in [0.05, 0.1) is 6.10 Å². The van der Waals surface area contributed by atoms with Crippen molar-refractivity contribution in [2.45, 2.75) is 45.1 Å². The molecule has 1 heterocycles. The molecule has 90 valence electrons. The molecule has 0 aromatic heterocycles. The summed E-state index contributed by atoms with van der Waals surface area (Å²) in [4.78, 5) is 13.6. The zero-order valence-corrected chi connectivity index (χ0v) is 9.98. The lowest BCUT2D eigenvalue weighted by Crippen LogP contribution is -2.45. The summed E-state index contributed by atoms with van der Waals surface area (Å²) in [6.45, 7) is 3.31. The molecule has 1 N–H and O–H groups in total. The lowest BCUT2D eigenvalue weighted by Gasteiger charge is -2.34. The fourth-order valence-electron chi connectivity index (χ4n) is 1.94. The highest BCUT2D eigenvalue weighted by Gasteiger charge is 2.26. The molecule has 0 aromatic rings. The number of rotatable bonds is 4. The van der Waals surface area contributed by atoms with E-state index in [0.29, 0.717) is 18.9 Å². The number of piperidine rings is 1. The van der Waals surface area contributed by atoms with Crippen molar-refractivity contribution in [2.24, 2.45) is 5.92 Å². The fraction of sp³-hybridized carbons (Fsp3) is 0.769. The van der Waals surface area contributed by atoms with E-state index >= 15 is 0 Å². The Balaban J connectivity index is 2.24. The van der Waals surface area contributed by atoms with E-state index in [-0.39, 0.29) is 12.0 Å². The highest BCUT2D eigenvalue weighted by Crippen LogP contribution is 2.18. The van der Waals surface area contributed by atoms with Gasteiger partial charge in [0, 0.05) is 25.9 Å². The largest absolute Gasteiger partial charge is 0.391 e. The minimum Gasteiger partial charge on any atom is -0.391 e. The molecule has 1 saturated heterocycles. The van der Waals surface area contributed by atoms with Crippen LogP contribution in [-0.2, 0) is 4.79 Å². The molecule has 0 radical (unpaired) electrons. The van der Waals surface area contributed by atoms with Gasteiger partial charge in [0.2, 0.25) is 5.91 Å². The van der Waals surface area contributed by atoms with E-state index in [1.54, 1.807) is 4.90 Å². The van der Waals surface area contributed by atoms with E-state index in [1.165, 1.54) is 0 Å². The second-order valence-electron chi connectivity index (χ2n) is 4.58. The lowest BCUT2D eigenvalue weighted by atomic mass is 9.96. The van der Waals surface area contributed by atoms with Crippen molar-refractivity contribution in [1.29, 1.82) is 0 Å². The number of terminal acetylenes is 1. The number of unbranched alkanes of at least 4 members (excludes halogenated alkanes) is 2. The molecule has 1 fully saturated rings. The molecule has 1 rings (SSSR count). The number of hydrogen-bond acceptors (Lipinski definition) is 2. The van der Waals surface area contributed by atoms with Crippen LogP contribution in [0.2, 0.25) is 0 Å². The predicted octanol–water partition coefficient (Wildman–Crippen LogP) is 1.41. The van der Waals surface area contributed by atoms with Gasteiger partial charge in [0.1, 0.15) is 0 Å². The van der Waals surface area contributed by atoms with Crippen LogP contribution in [-0.4, -0.2) is 35.1 Å². The summed E-state index contributed by atoms with van der Waals surface area (Å²) in [5, 5.41) is 9.69. The molecule has 16 heavy (non-hydrogen) atoms. The number of hydrogen-bond donors (Lipinski definition) is 1. The molecule has 2 unspecified atom stereocenters. The van der Waals surface area contributed by atoms with E-state index in [9.17, 15) is 9.90 Å². The molecule has 1 aliphatic heterocycles. The summed E-state index contributed by atoms with van der Waals surface area (Å²) in [5.41, 5.74) is 0. The normalized spacial score (nSPS) is 25.2. The Morgan fingerprint density at radius 2 is 2.31 bits per heavy atom. The summed E-state index contributed by atoms with van der Waals surface area (Å²) in [5.74, 6) is 3.04. The van der Waals surface area contributed by atoms with Crippen LogP contribution in [0.5, 0.6) is 0 Å². The number of amides is 1. The maximum absolute atomic E-state index is 11.8. The molecule has 0 bridgehead atoms. The number of likely N-dealkylation sites (tertiary alicyclic amines) is 1. The number of carbonyl (C=O) groups excluding carboxylic acids is 1. The molecule has 1 amide bonds. The SMILES string of the molecule is C#CCCCCC(=O)N1CCC(C)C(O)C1. The molecule has 0 saturated carbocycles. The van der Waals surface area contributed by atoms with Crippen LogP contribution in [0.25, 0.3) is 0 Å². The second kappa shape index (κ2) is 6.55. The Morgan fingerprint density at radius 1 is 1.56 bits per heavy atom. The molecular weight excluding hydrogens is 202 g/mol. The van der Waals surface area contributed by atoms with Gasteiger partial charge in [0.25, 0.3) is 0 Å². The third-order valence-corrected chi connectivity index (χ3v) is 3.23. The Morgan fingerprint density at radius 3 is 2.94 bits per heavy atom. The third kappa shape index (κ3) is 3.86. The summed E-state index contributed by atoms with van der Waals surface area (Å²) >= 11 is 0. The standard InChI is InChI=1S/C13H21NO2/c1-3-4-5-6-7-13(16)14-9-8-11(2)12(15)10-14/h1,11-12,15H,4-10H2,2H3. The highest BCUT2D eigenvalue weighted by atomic mass is 16.3. The smallest absolute Gasteiger partial charge is 0.222 e. The van der Waals surface area contributed by atoms with E-state index in [1.807, 2.05) is 6.92 Å². The number of aliphatic hydroxyl groups is 1. The molecule has 1 aliphatic rings. The minimum absolute atomic E-state index is 0.156. The monoisotopic (exact) mass is 223 g/mol. The molecule has 3 heteroatoms. The van der Waals surface area contributed by atoms with Crippen LogP contribution in [0.3, 0.4) is 0 Å². The van der Waals surface area contributed by atoms with Gasteiger partial charge in [-0.05, 0) is 25.2 Å². The Bertz CT molecular complexity index is 270. The quantitative estimate of drug-likeness (QED) is 0.578. The van der Waals surface area contributed by atoms with Gasteiger partial charge in [-0.25, -0.2) is 0 Å². The molecule has 0 spiro atoms. The van der Waals surface area contributed by atoms with Gasteiger partial charge in [-0.3, -0.25) is 4.79 Å². The van der Waals surface area contributed by atoms with Gasteiger partial charge in [-0.1, -0.05) is 6.92 Å². The first kappa shape index (κ1) is 13.1. The highest BCUT2D eigenvalue weighted by molar-refractivity contribution is 5.76. The van der Waals surface area contributed by atoms with Crippen molar-refractivity contribution in [3.63, 3.8) is 0 Å². The Labute approximate surface area is 97.8 Å². The van der Waals surface area contributed by atoms with Gasteiger partial charge >= 0.3 is 0 Å². The van der Waals surface area contributed by atoms with Crippen molar-refractivity contribution in [3.8, 4) is 12.3 Å². The van der Waals surface area contributed by atoms with Crippen molar-refractivity contribution in [2.75, 3.05) is 13.1 Å². The Hall–Kier alpha value is -1.01. The lowest BCUT2D eigenvalue weighted by molar-refractivity contribution is -0.135. The second-order valence-corrected chi connectivity index (χ2v) is 4.58. The van der Waals surface area contributed by atoms with E-state index in [2.05, 4.69) is 5.92 Å². The third-order valence-electron chi connectivity index (χ3n) is 3.23.